The zero-order valence-corrected chi connectivity index (χ0v) is 16.3. The molecule has 0 radical (unpaired) electrons. The van der Waals surface area contributed by atoms with Crippen LogP contribution in [0.25, 0.3) is 0 Å². The number of nitrogens with one attached hydrogen (secondary N) is 2. The van der Waals surface area contributed by atoms with E-state index in [1.807, 2.05) is 0 Å². The number of amides is 1. The summed E-state index contributed by atoms with van der Waals surface area (Å²) in [7, 11) is -3.55. The molecule has 2 rings (SSSR count). The summed E-state index contributed by atoms with van der Waals surface area (Å²) in [4.78, 5) is 22.4. The topological polar surface area (TPSA) is 118 Å². The summed E-state index contributed by atoms with van der Waals surface area (Å²) in [6.45, 7) is 1.88. The number of thiophene rings is 1. The fourth-order valence-corrected chi connectivity index (χ4v) is 4.19. The molecule has 2 aromatic rings. The van der Waals surface area contributed by atoms with E-state index in [4.69, 9.17) is 11.6 Å². The zero-order valence-electron chi connectivity index (χ0n) is 13.9. The minimum atomic E-state index is -3.55. The number of carbonyl (C=O) groups is 1. The van der Waals surface area contributed by atoms with Crippen molar-refractivity contribution in [3.63, 3.8) is 0 Å². The van der Waals surface area contributed by atoms with E-state index < -0.39 is 14.8 Å². The molecule has 0 saturated heterocycles. The number of nitrogens with zero attached hydrogens (tertiary/aromatic N) is 1. The van der Waals surface area contributed by atoms with Crippen molar-refractivity contribution in [3.8, 4) is 0 Å². The Morgan fingerprint density at radius 2 is 2.08 bits per heavy atom. The van der Waals surface area contributed by atoms with Crippen LogP contribution >= 0.6 is 22.9 Å². The van der Waals surface area contributed by atoms with Gasteiger partial charge in [-0.3, -0.25) is 14.9 Å². The van der Waals surface area contributed by atoms with Crippen molar-refractivity contribution in [3.05, 3.63) is 45.0 Å². The lowest BCUT2D eigenvalue weighted by molar-refractivity contribution is -0.383. The van der Waals surface area contributed by atoms with Crippen LogP contribution in [0.5, 0.6) is 0 Å². The Bertz CT molecular complexity index is 956. The second kappa shape index (κ2) is 8.02. The Morgan fingerprint density at radius 1 is 1.38 bits per heavy atom. The molecular weight excluding hydrogens is 402 g/mol. The highest BCUT2D eigenvalue weighted by Crippen LogP contribution is 2.36. The monoisotopic (exact) mass is 417 g/mol. The molecule has 1 amide bonds. The molecule has 0 aliphatic carbocycles. The molecular formula is C15H16ClN3O5S2. The molecule has 2 N–H and O–H groups in total. The molecule has 0 aliphatic rings. The van der Waals surface area contributed by atoms with Gasteiger partial charge in [0.2, 0.25) is 5.91 Å². The number of carbonyl (C=O) groups excluding carboxylic acids is 1. The Balaban J connectivity index is 2.01. The molecule has 140 valence electrons. The molecule has 0 spiro atoms. The van der Waals surface area contributed by atoms with E-state index in [1.54, 1.807) is 25.1 Å². The standard InChI is InChI=1S/C15H16ClN3O5S2/c1-9-10(16)4-3-5-11(9)18-13(20)6-7-17-15-12(19(21)22)8-14(25-15)26(2,23)24/h3-5,8,17H,6-7H2,1-2H3,(H,18,20). The Labute approximate surface area is 159 Å². The largest absolute Gasteiger partial charge is 0.371 e. The lowest BCUT2D eigenvalue weighted by atomic mass is 10.2. The molecule has 0 atom stereocenters. The molecule has 0 aliphatic heterocycles. The average molecular weight is 418 g/mol. The summed E-state index contributed by atoms with van der Waals surface area (Å²) in [5.74, 6) is -0.301. The summed E-state index contributed by atoms with van der Waals surface area (Å²) in [5.41, 5.74) is 0.993. The van der Waals surface area contributed by atoms with Gasteiger partial charge in [0.25, 0.3) is 0 Å². The Morgan fingerprint density at radius 3 is 2.69 bits per heavy atom. The quantitative estimate of drug-likeness (QED) is 0.526. The number of hydrogen-bond acceptors (Lipinski definition) is 7. The van der Waals surface area contributed by atoms with Gasteiger partial charge in [0, 0.05) is 36.0 Å². The van der Waals surface area contributed by atoms with E-state index in [0.29, 0.717) is 10.7 Å². The maximum atomic E-state index is 12.0. The van der Waals surface area contributed by atoms with Gasteiger partial charge in [0.05, 0.1) is 4.92 Å². The summed E-state index contributed by atoms with van der Waals surface area (Å²) < 4.78 is 23.0. The van der Waals surface area contributed by atoms with E-state index in [-0.39, 0.29) is 33.8 Å². The minimum absolute atomic E-state index is 0.0369. The van der Waals surface area contributed by atoms with Crippen molar-refractivity contribution in [2.45, 2.75) is 17.6 Å². The van der Waals surface area contributed by atoms with E-state index >= 15 is 0 Å². The highest BCUT2D eigenvalue weighted by Gasteiger charge is 2.23. The summed E-state index contributed by atoms with van der Waals surface area (Å²) in [6.07, 6.45) is 1.02. The third-order valence-electron chi connectivity index (χ3n) is 3.43. The lowest BCUT2D eigenvalue weighted by Crippen LogP contribution is -2.16. The summed E-state index contributed by atoms with van der Waals surface area (Å²) in [6, 6.07) is 6.15. The van der Waals surface area contributed by atoms with Crippen LogP contribution < -0.4 is 10.6 Å². The fraction of sp³-hybridized carbons (Fsp3) is 0.267. The van der Waals surface area contributed by atoms with E-state index in [2.05, 4.69) is 10.6 Å². The second-order valence-electron chi connectivity index (χ2n) is 5.45. The number of halogens is 1. The van der Waals surface area contributed by atoms with Gasteiger partial charge in [0.1, 0.15) is 4.21 Å². The smallest absolute Gasteiger partial charge is 0.304 e. The van der Waals surface area contributed by atoms with Crippen molar-refractivity contribution in [1.82, 2.24) is 0 Å². The highest BCUT2D eigenvalue weighted by molar-refractivity contribution is 7.92. The maximum Gasteiger partial charge on any atom is 0.304 e. The number of nitro groups is 1. The normalized spacial score (nSPS) is 11.2. The van der Waals surface area contributed by atoms with Crippen LogP contribution in [-0.2, 0) is 14.6 Å². The molecule has 11 heteroatoms. The van der Waals surface area contributed by atoms with Crippen LogP contribution in [0.2, 0.25) is 5.02 Å². The van der Waals surface area contributed by atoms with Crippen molar-refractivity contribution < 1.29 is 18.1 Å². The third kappa shape index (κ3) is 4.93. The first-order chi connectivity index (χ1) is 12.1. The zero-order chi connectivity index (χ0) is 19.5. The van der Waals surface area contributed by atoms with E-state index in [9.17, 15) is 23.3 Å². The van der Waals surface area contributed by atoms with Gasteiger partial charge in [-0.1, -0.05) is 29.0 Å². The van der Waals surface area contributed by atoms with Gasteiger partial charge < -0.3 is 10.6 Å². The Kier molecular flexibility index (Phi) is 6.21. The van der Waals surface area contributed by atoms with Crippen LogP contribution in [-0.4, -0.2) is 32.0 Å². The first-order valence-electron chi connectivity index (χ1n) is 7.36. The van der Waals surface area contributed by atoms with Gasteiger partial charge in [-0.2, -0.15) is 0 Å². The van der Waals surface area contributed by atoms with Crippen LogP contribution in [0.15, 0.2) is 28.5 Å². The number of hydrogen-bond donors (Lipinski definition) is 2. The third-order valence-corrected chi connectivity index (χ3v) is 6.72. The number of anilines is 2. The van der Waals surface area contributed by atoms with E-state index in [1.165, 1.54) is 0 Å². The van der Waals surface area contributed by atoms with Gasteiger partial charge in [-0.15, -0.1) is 0 Å². The first kappa shape index (κ1) is 20.1. The summed E-state index contributed by atoms with van der Waals surface area (Å²) >= 11 is 6.76. The molecule has 1 heterocycles. The lowest BCUT2D eigenvalue weighted by Gasteiger charge is -2.09. The molecule has 0 fully saturated rings. The van der Waals surface area contributed by atoms with Crippen molar-refractivity contribution in [1.29, 1.82) is 0 Å². The van der Waals surface area contributed by atoms with Crippen molar-refractivity contribution in [2.75, 3.05) is 23.4 Å². The van der Waals surface area contributed by atoms with E-state index in [0.717, 1.165) is 29.2 Å². The predicted molar refractivity (Wildman–Crippen MR) is 102 cm³/mol. The number of benzene rings is 1. The van der Waals surface area contributed by atoms with Crippen LogP contribution in [0, 0.1) is 17.0 Å². The number of sulfone groups is 1. The van der Waals surface area contributed by atoms with Crippen LogP contribution in [0.1, 0.15) is 12.0 Å². The molecule has 1 aromatic carbocycles. The minimum Gasteiger partial charge on any atom is -0.371 e. The van der Waals surface area contributed by atoms with Crippen molar-refractivity contribution >= 4 is 55.1 Å². The maximum absolute atomic E-state index is 12.0. The molecule has 1 aromatic heterocycles. The van der Waals surface area contributed by atoms with Gasteiger partial charge in [0.15, 0.2) is 14.8 Å². The predicted octanol–water partition coefficient (Wildman–Crippen LogP) is 3.46. The first-order valence-corrected chi connectivity index (χ1v) is 10.5. The fourth-order valence-electron chi connectivity index (χ4n) is 2.05. The highest BCUT2D eigenvalue weighted by atomic mass is 35.5. The number of rotatable bonds is 7. The molecule has 0 unspecified atom stereocenters. The van der Waals surface area contributed by atoms with Gasteiger partial charge >= 0.3 is 5.69 Å². The van der Waals surface area contributed by atoms with Crippen LogP contribution in [0.4, 0.5) is 16.4 Å². The van der Waals surface area contributed by atoms with Gasteiger partial charge in [-0.25, -0.2) is 8.42 Å². The molecule has 8 nitrogen and oxygen atoms in total. The Hall–Kier alpha value is -2.17. The second-order valence-corrected chi connectivity index (χ2v) is 9.15. The summed E-state index contributed by atoms with van der Waals surface area (Å²) in [5, 5.41) is 17.2. The molecule has 0 saturated carbocycles. The van der Waals surface area contributed by atoms with Gasteiger partial charge in [-0.05, 0) is 24.6 Å². The van der Waals surface area contributed by atoms with Crippen molar-refractivity contribution in [2.24, 2.45) is 0 Å². The molecule has 26 heavy (non-hydrogen) atoms. The molecule has 0 bridgehead atoms. The SMILES string of the molecule is Cc1c(Cl)cccc1NC(=O)CCNc1sc(S(C)(=O)=O)cc1[N+](=O)[O-]. The van der Waals surface area contributed by atoms with Crippen LogP contribution in [0.3, 0.4) is 0 Å². The average Bonchev–Trinajstić information content (AvgIpc) is 2.96.